The molecular formula is C56H46N6. The van der Waals surface area contributed by atoms with Gasteiger partial charge in [-0.05, 0) is 58.6 Å². The minimum atomic E-state index is 0.218. The van der Waals surface area contributed by atoms with E-state index in [2.05, 4.69) is 140 Å². The zero-order chi connectivity index (χ0) is 41.7. The second-order valence-electron chi connectivity index (χ2n) is 16.2. The highest BCUT2D eigenvalue weighted by Crippen LogP contribution is 2.43. The summed E-state index contributed by atoms with van der Waals surface area (Å²) >= 11 is 0. The highest BCUT2D eigenvalue weighted by atomic mass is 15.0. The zero-order valence-electron chi connectivity index (χ0n) is 34.8. The fourth-order valence-electron chi connectivity index (χ4n) is 8.83. The molecule has 1 aliphatic rings. The van der Waals surface area contributed by atoms with Gasteiger partial charge in [0, 0.05) is 33.4 Å². The van der Waals surface area contributed by atoms with Crippen LogP contribution in [-0.4, -0.2) is 29.9 Å². The van der Waals surface area contributed by atoms with Crippen LogP contribution in [0.1, 0.15) is 51.0 Å². The van der Waals surface area contributed by atoms with Crippen molar-refractivity contribution < 1.29 is 0 Å². The quantitative estimate of drug-likeness (QED) is 0.137. The SMILES string of the molecule is CCC1(c2cccc(-c3nc(-c4ccccc4)nc(-c4ccc(-c5ccc(-c6nc(-c7ccccc7)nc(-c7ccc(-c8ccccc8)cc7)n6)cc5)cc4)n3)c2)CCCCC1. The molecule has 7 aromatic carbocycles. The van der Waals surface area contributed by atoms with Crippen LogP contribution in [0, 0.1) is 0 Å². The Hall–Kier alpha value is -7.44. The predicted octanol–water partition coefficient (Wildman–Crippen LogP) is 14.0. The van der Waals surface area contributed by atoms with Gasteiger partial charge in [0.25, 0.3) is 0 Å². The van der Waals surface area contributed by atoms with E-state index in [1.165, 1.54) is 43.2 Å². The molecule has 1 saturated carbocycles. The van der Waals surface area contributed by atoms with Crippen molar-refractivity contribution in [3.63, 3.8) is 0 Å². The van der Waals surface area contributed by atoms with E-state index in [9.17, 15) is 0 Å². The van der Waals surface area contributed by atoms with Crippen LogP contribution < -0.4 is 0 Å². The van der Waals surface area contributed by atoms with Gasteiger partial charge in [-0.1, -0.05) is 208 Å². The molecule has 0 spiro atoms. The Morgan fingerprint density at radius 2 is 0.597 bits per heavy atom. The Morgan fingerprint density at radius 3 is 0.968 bits per heavy atom. The molecule has 2 heterocycles. The summed E-state index contributed by atoms with van der Waals surface area (Å²) in [6, 6.07) is 64.9. The lowest BCUT2D eigenvalue weighted by atomic mass is 9.67. The lowest BCUT2D eigenvalue weighted by Crippen LogP contribution is -2.28. The maximum atomic E-state index is 5.12. The monoisotopic (exact) mass is 802 g/mol. The largest absolute Gasteiger partial charge is 0.208 e. The summed E-state index contributed by atoms with van der Waals surface area (Å²) in [7, 11) is 0. The van der Waals surface area contributed by atoms with Crippen LogP contribution in [0.4, 0.5) is 0 Å². The summed E-state index contributed by atoms with van der Waals surface area (Å²) in [6.07, 6.45) is 7.51. The number of benzene rings is 7. The Balaban J connectivity index is 0.953. The fraction of sp³-hybridized carbons (Fsp3) is 0.143. The normalized spacial score (nSPS) is 13.4. The first-order chi connectivity index (χ1) is 30.6. The number of rotatable bonds is 10. The van der Waals surface area contributed by atoms with Crippen molar-refractivity contribution in [3.8, 4) is 90.6 Å². The number of nitrogens with zero attached hydrogens (tertiary/aromatic N) is 6. The van der Waals surface area contributed by atoms with Crippen LogP contribution in [0.5, 0.6) is 0 Å². The summed E-state index contributed by atoms with van der Waals surface area (Å²) in [5, 5.41) is 0. The molecule has 9 aromatic rings. The predicted molar refractivity (Wildman–Crippen MR) is 252 cm³/mol. The Bertz CT molecular complexity index is 2930. The number of hydrogen-bond acceptors (Lipinski definition) is 6. The molecule has 0 unspecified atom stereocenters. The molecule has 0 amide bonds. The minimum absolute atomic E-state index is 0.218. The lowest BCUT2D eigenvalue weighted by Gasteiger charge is -2.37. The van der Waals surface area contributed by atoms with E-state index in [0.717, 1.165) is 56.5 Å². The summed E-state index contributed by atoms with van der Waals surface area (Å²) in [6.45, 7) is 2.34. The van der Waals surface area contributed by atoms with Gasteiger partial charge >= 0.3 is 0 Å². The van der Waals surface area contributed by atoms with Gasteiger partial charge in [-0.15, -0.1) is 0 Å². The van der Waals surface area contributed by atoms with Crippen LogP contribution >= 0.6 is 0 Å². The third kappa shape index (κ3) is 8.07. The zero-order valence-corrected chi connectivity index (χ0v) is 34.8. The molecular weight excluding hydrogens is 757 g/mol. The third-order valence-electron chi connectivity index (χ3n) is 12.4. The van der Waals surface area contributed by atoms with Crippen LogP contribution in [0.25, 0.3) is 90.6 Å². The Morgan fingerprint density at radius 1 is 0.306 bits per heavy atom. The molecule has 0 radical (unpaired) electrons. The van der Waals surface area contributed by atoms with Crippen molar-refractivity contribution in [2.75, 3.05) is 0 Å². The van der Waals surface area contributed by atoms with Crippen LogP contribution in [0.3, 0.4) is 0 Å². The van der Waals surface area contributed by atoms with Crippen molar-refractivity contribution in [1.29, 1.82) is 0 Å². The molecule has 0 aliphatic heterocycles. The summed E-state index contributed by atoms with van der Waals surface area (Å²) in [5.41, 5.74) is 11.8. The third-order valence-corrected chi connectivity index (χ3v) is 12.4. The van der Waals surface area contributed by atoms with E-state index in [-0.39, 0.29) is 5.41 Å². The second kappa shape index (κ2) is 17.3. The smallest absolute Gasteiger partial charge is 0.164 e. The van der Waals surface area contributed by atoms with Crippen LogP contribution in [0.2, 0.25) is 0 Å². The van der Waals surface area contributed by atoms with Gasteiger partial charge in [-0.25, -0.2) is 29.9 Å². The average Bonchev–Trinajstić information content (AvgIpc) is 3.37. The summed E-state index contributed by atoms with van der Waals surface area (Å²) in [5.74, 6) is 3.90. The first kappa shape index (κ1) is 38.7. The molecule has 0 saturated heterocycles. The fourth-order valence-corrected chi connectivity index (χ4v) is 8.83. The topological polar surface area (TPSA) is 77.3 Å². The summed E-state index contributed by atoms with van der Waals surface area (Å²) in [4.78, 5) is 30.1. The molecule has 0 bridgehead atoms. The molecule has 2 aromatic heterocycles. The van der Waals surface area contributed by atoms with Crippen molar-refractivity contribution in [2.45, 2.75) is 50.9 Å². The average molecular weight is 803 g/mol. The standard InChI is InChI=1S/C56H46N6/c1-2-56(36-13-6-14-37-56)49-23-15-22-48(38-49)55-61-51(44-20-11-5-12-21-44)59-54(62-55)47-34-28-42(29-35-47)41-26-32-46(33-27-41)53-58-50(43-18-9-4-10-19-43)57-52(60-53)45-30-24-40(25-31-45)39-16-7-3-8-17-39/h3-5,7-12,15-35,38H,2,6,13-14,36-37H2,1H3. The molecule has 10 rings (SSSR count). The molecule has 1 aliphatic carbocycles. The molecule has 6 nitrogen and oxygen atoms in total. The van der Waals surface area contributed by atoms with Gasteiger partial charge in [0.05, 0.1) is 0 Å². The molecule has 1 fully saturated rings. The van der Waals surface area contributed by atoms with E-state index in [1.54, 1.807) is 0 Å². The van der Waals surface area contributed by atoms with E-state index in [4.69, 9.17) is 29.9 Å². The Kier molecular flexibility index (Phi) is 10.8. The van der Waals surface area contributed by atoms with E-state index in [0.29, 0.717) is 34.9 Å². The molecule has 62 heavy (non-hydrogen) atoms. The minimum Gasteiger partial charge on any atom is -0.208 e. The lowest BCUT2D eigenvalue weighted by molar-refractivity contribution is 0.283. The first-order valence-corrected chi connectivity index (χ1v) is 21.7. The van der Waals surface area contributed by atoms with E-state index >= 15 is 0 Å². The number of hydrogen-bond donors (Lipinski definition) is 0. The highest BCUT2D eigenvalue weighted by Gasteiger charge is 2.32. The molecule has 0 N–H and O–H groups in total. The van der Waals surface area contributed by atoms with Gasteiger partial charge in [0.15, 0.2) is 34.9 Å². The van der Waals surface area contributed by atoms with Gasteiger partial charge in [0.2, 0.25) is 0 Å². The maximum absolute atomic E-state index is 5.12. The first-order valence-electron chi connectivity index (χ1n) is 21.7. The second-order valence-corrected chi connectivity index (χ2v) is 16.2. The summed E-state index contributed by atoms with van der Waals surface area (Å²) < 4.78 is 0. The van der Waals surface area contributed by atoms with Gasteiger partial charge in [0.1, 0.15) is 0 Å². The van der Waals surface area contributed by atoms with Crippen molar-refractivity contribution in [3.05, 3.63) is 194 Å². The molecule has 6 heteroatoms. The van der Waals surface area contributed by atoms with Gasteiger partial charge in [-0.3, -0.25) is 0 Å². The highest BCUT2D eigenvalue weighted by molar-refractivity contribution is 5.74. The molecule has 0 atom stereocenters. The number of aromatic nitrogens is 6. The Labute approximate surface area is 363 Å². The van der Waals surface area contributed by atoms with Gasteiger partial charge < -0.3 is 0 Å². The van der Waals surface area contributed by atoms with Crippen molar-refractivity contribution in [1.82, 2.24) is 29.9 Å². The molecule has 300 valence electrons. The van der Waals surface area contributed by atoms with E-state index < -0.39 is 0 Å². The maximum Gasteiger partial charge on any atom is 0.164 e. The van der Waals surface area contributed by atoms with E-state index in [1.807, 2.05) is 54.6 Å². The van der Waals surface area contributed by atoms with Gasteiger partial charge in [-0.2, -0.15) is 0 Å². The van der Waals surface area contributed by atoms with Crippen molar-refractivity contribution in [2.24, 2.45) is 0 Å². The van der Waals surface area contributed by atoms with Crippen molar-refractivity contribution >= 4 is 0 Å². The van der Waals surface area contributed by atoms with Crippen LogP contribution in [-0.2, 0) is 5.41 Å². The van der Waals surface area contributed by atoms with Crippen LogP contribution in [0.15, 0.2) is 188 Å².